The molecule has 3 aromatic rings. The van der Waals surface area contributed by atoms with Gasteiger partial charge in [0.05, 0.1) is 0 Å². The molecule has 0 saturated heterocycles. The summed E-state index contributed by atoms with van der Waals surface area (Å²) in [4.78, 5) is 30.7. The minimum Gasteiger partial charge on any atom is -0.591 e. The van der Waals surface area contributed by atoms with Crippen molar-refractivity contribution in [2.45, 2.75) is 0 Å². The van der Waals surface area contributed by atoms with E-state index in [-0.39, 0.29) is 35.6 Å². The van der Waals surface area contributed by atoms with Crippen molar-refractivity contribution in [3.63, 3.8) is 0 Å². The maximum atomic E-state index is 10.2. The van der Waals surface area contributed by atoms with Gasteiger partial charge in [0.15, 0.2) is 15.9 Å². The van der Waals surface area contributed by atoms with Crippen molar-refractivity contribution in [3.8, 4) is 0 Å². The van der Waals surface area contributed by atoms with Gasteiger partial charge in [0.25, 0.3) is 0 Å². The molecule has 0 spiro atoms. The standard InChI is InChI=1S/3C6H5O2P.La/c3*7-9(8)6-4-2-1-3-5-6;/h3*1-5H;/q;;;+3. The zero-order valence-corrected chi connectivity index (χ0v) is 20.8. The van der Waals surface area contributed by atoms with Crippen LogP contribution < -0.4 is 30.6 Å². The molecule has 0 saturated carbocycles. The second-order valence-electron chi connectivity index (χ2n) is 4.78. The molecule has 28 heavy (non-hydrogen) atoms. The average molecular weight is 559 g/mol. The largest absolute Gasteiger partial charge is 3.00 e. The first-order valence-electron chi connectivity index (χ1n) is 7.50. The SMILES string of the molecule is O=[P+]([O-])c1ccccc1.O=[P+]([O-])c1ccccc1.O=[P+]([O-])c1ccccc1.[La+3]. The van der Waals surface area contributed by atoms with Crippen LogP contribution in [0.2, 0.25) is 0 Å². The van der Waals surface area contributed by atoms with Gasteiger partial charge in [0.2, 0.25) is 0 Å². The predicted octanol–water partition coefficient (Wildman–Crippen LogP) is 1.24. The van der Waals surface area contributed by atoms with E-state index >= 15 is 0 Å². The van der Waals surface area contributed by atoms with Gasteiger partial charge < -0.3 is 14.7 Å². The molecule has 3 unspecified atom stereocenters. The summed E-state index contributed by atoms with van der Waals surface area (Å²) in [6.45, 7) is 0. The molecule has 0 amide bonds. The molecule has 0 aliphatic heterocycles. The van der Waals surface area contributed by atoms with Crippen molar-refractivity contribution in [1.29, 1.82) is 0 Å². The molecular formula is C18H15LaO6P3+3. The van der Waals surface area contributed by atoms with E-state index in [1.165, 1.54) is 0 Å². The summed E-state index contributed by atoms with van der Waals surface area (Å²) in [5.41, 5.74) is 0. The van der Waals surface area contributed by atoms with Gasteiger partial charge in [-0.25, -0.2) is 0 Å². The quantitative estimate of drug-likeness (QED) is 0.446. The van der Waals surface area contributed by atoms with Crippen LogP contribution in [-0.2, 0) is 13.7 Å². The molecule has 0 fully saturated rings. The van der Waals surface area contributed by atoms with E-state index in [0.717, 1.165) is 0 Å². The Kier molecular flexibility index (Phi) is 15.4. The van der Waals surface area contributed by atoms with Crippen molar-refractivity contribution < 1.29 is 64.0 Å². The minimum atomic E-state index is -2.40. The van der Waals surface area contributed by atoms with Crippen LogP contribution in [-0.4, -0.2) is 0 Å². The fourth-order valence-corrected chi connectivity index (χ4v) is 2.90. The smallest absolute Gasteiger partial charge is 0.591 e. The third kappa shape index (κ3) is 11.8. The molecule has 0 aromatic heterocycles. The van der Waals surface area contributed by atoms with Crippen LogP contribution in [0.5, 0.6) is 0 Å². The molecule has 0 N–H and O–H groups in total. The maximum absolute atomic E-state index is 10.2. The molecule has 3 aromatic carbocycles. The molecular weight excluding hydrogens is 544 g/mol. The summed E-state index contributed by atoms with van der Waals surface area (Å²) in [6, 6.07) is 24.9. The van der Waals surface area contributed by atoms with E-state index in [9.17, 15) is 28.4 Å². The number of hydrogen-bond acceptors (Lipinski definition) is 6. The summed E-state index contributed by atoms with van der Waals surface area (Å²) in [5.74, 6) is 0. The van der Waals surface area contributed by atoms with E-state index in [1.54, 1.807) is 91.0 Å². The van der Waals surface area contributed by atoms with Gasteiger partial charge >= 0.3 is 59.7 Å². The van der Waals surface area contributed by atoms with Gasteiger partial charge in [0.1, 0.15) is 0 Å². The summed E-state index contributed by atoms with van der Waals surface area (Å²) in [5, 5.41) is 1.10. The summed E-state index contributed by atoms with van der Waals surface area (Å²) >= 11 is 0. The Morgan fingerprint density at radius 2 is 0.607 bits per heavy atom. The van der Waals surface area contributed by atoms with Gasteiger partial charge in [-0.1, -0.05) is 68.3 Å². The fraction of sp³-hybridized carbons (Fsp3) is 0. The predicted molar refractivity (Wildman–Crippen MR) is 101 cm³/mol. The molecule has 0 heterocycles. The van der Waals surface area contributed by atoms with Gasteiger partial charge in [-0.15, -0.1) is 0 Å². The van der Waals surface area contributed by atoms with Crippen molar-refractivity contribution in [3.05, 3.63) is 91.0 Å². The van der Waals surface area contributed by atoms with Crippen molar-refractivity contribution >= 4 is 40.0 Å². The van der Waals surface area contributed by atoms with Crippen LogP contribution in [0.1, 0.15) is 0 Å². The molecule has 6 nitrogen and oxygen atoms in total. The van der Waals surface area contributed by atoms with Gasteiger partial charge in [-0.05, 0) is 36.4 Å². The van der Waals surface area contributed by atoms with Crippen molar-refractivity contribution in [2.75, 3.05) is 0 Å². The van der Waals surface area contributed by atoms with Gasteiger partial charge in [-0.2, -0.15) is 0 Å². The van der Waals surface area contributed by atoms with Gasteiger partial charge in [0, 0.05) is 0 Å². The zero-order chi connectivity index (χ0) is 20.1. The van der Waals surface area contributed by atoms with Crippen LogP contribution in [0.15, 0.2) is 91.0 Å². The molecule has 0 aliphatic carbocycles. The van der Waals surface area contributed by atoms with Crippen LogP contribution >= 0.6 is 24.1 Å². The van der Waals surface area contributed by atoms with Crippen molar-refractivity contribution in [2.24, 2.45) is 0 Å². The average Bonchev–Trinajstić information content (AvgIpc) is 2.71. The Morgan fingerprint density at radius 3 is 0.714 bits per heavy atom. The monoisotopic (exact) mass is 559 g/mol. The summed E-state index contributed by atoms with van der Waals surface area (Å²) in [6.07, 6.45) is 0. The molecule has 0 bridgehead atoms. The summed E-state index contributed by atoms with van der Waals surface area (Å²) < 4.78 is 30.7. The van der Waals surface area contributed by atoms with Crippen LogP contribution in [0.25, 0.3) is 0 Å². The van der Waals surface area contributed by atoms with E-state index in [0.29, 0.717) is 15.9 Å². The Hall–Kier alpha value is -0.965. The van der Waals surface area contributed by atoms with Crippen LogP contribution in [0, 0.1) is 35.6 Å². The second-order valence-corrected chi connectivity index (χ2v) is 7.87. The molecule has 3 atom stereocenters. The van der Waals surface area contributed by atoms with Crippen molar-refractivity contribution in [1.82, 2.24) is 0 Å². The molecule has 3 rings (SSSR count). The molecule has 10 heteroatoms. The minimum absolute atomic E-state index is 0. The normalized spacial score (nSPS) is 10.6. The third-order valence-electron chi connectivity index (χ3n) is 2.90. The Balaban J connectivity index is 0.000000384. The first-order chi connectivity index (χ1) is 12.9. The number of hydrogen-bond donors (Lipinski definition) is 0. The Labute approximate surface area is 193 Å². The molecule has 0 radical (unpaired) electrons. The third-order valence-corrected chi connectivity index (χ3v) is 5.06. The second kappa shape index (κ2) is 15.9. The number of benzene rings is 3. The van der Waals surface area contributed by atoms with E-state index in [4.69, 9.17) is 0 Å². The van der Waals surface area contributed by atoms with E-state index in [2.05, 4.69) is 0 Å². The van der Waals surface area contributed by atoms with Crippen LogP contribution in [0.3, 0.4) is 0 Å². The first-order valence-corrected chi connectivity index (χ1v) is 11.0. The van der Waals surface area contributed by atoms with E-state index < -0.39 is 24.1 Å². The first kappa shape index (κ1) is 27.0. The Morgan fingerprint density at radius 1 is 0.429 bits per heavy atom. The van der Waals surface area contributed by atoms with E-state index in [1.807, 2.05) is 0 Å². The fourth-order valence-electron chi connectivity index (χ4n) is 1.65. The number of rotatable bonds is 3. The summed E-state index contributed by atoms with van der Waals surface area (Å²) in [7, 11) is -7.19. The van der Waals surface area contributed by atoms with Crippen LogP contribution in [0.4, 0.5) is 0 Å². The molecule has 0 aliphatic rings. The topological polar surface area (TPSA) is 120 Å². The maximum Gasteiger partial charge on any atom is 3.00 e. The zero-order valence-electron chi connectivity index (χ0n) is 14.5. The van der Waals surface area contributed by atoms with Gasteiger partial charge in [-0.3, -0.25) is 0 Å². The Bertz CT molecular complexity index is 747. The molecule has 138 valence electrons.